The molecule has 0 bridgehead atoms. The Morgan fingerprint density at radius 1 is 0.694 bits per heavy atom. The van der Waals surface area contributed by atoms with Gasteiger partial charge in [0.15, 0.2) is 5.82 Å². The van der Waals surface area contributed by atoms with E-state index in [1.165, 1.54) is 11.4 Å². The smallest absolute Gasteiger partial charge is 0.159 e. The number of anilines is 2. The number of fused-ring (bicyclic) bond motifs is 3. The molecular weight excluding hydrogens is 616 g/mol. The van der Waals surface area contributed by atoms with Crippen molar-refractivity contribution in [1.29, 1.82) is 0 Å². The molecule has 8 rings (SSSR count). The van der Waals surface area contributed by atoms with E-state index in [9.17, 15) is 0 Å². The fraction of sp³-hybridized carbons (Fsp3) is 0.432. The first-order chi connectivity index (χ1) is 23.7. The van der Waals surface area contributed by atoms with Gasteiger partial charge in [-0.25, -0.2) is 9.97 Å². The van der Waals surface area contributed by atoms with Crippen molar-refractivity contribution in [3.63, 3.8) is 0 Å². The Kier molecular flexibility index (Phi) is 8.27. The third kappa shape index (κ3) is 6.25. The zero-order valence-corrected chi connectivity index (χ0v) is 29.2. The van der Waals surface area contributed by atoms with E-state index in [2.05, 4.69) is 131 Å². The van der Waals surface area contributed by atoms with E-state index in [0.29, 0.717) is 18.7 Å². The predicted molar refractivity (Wildman–Crippen MR) is 196 cm³/mol. The lowest BCUT2D eigenvalue weighted by atomic mass is 10.1. The number of H-pyrrole nitrogens is 3. The molecule has 0 amide bonds. The highest BCUT2D eigenvalue weighted by Gasteiger charge is 2.28. The van der Waals surface area contributed by atoms with Crippen LogP contribution in [0, 0.1) is 0 Å². The molecule has 4 unspecified atom stereocenters. The van der Waals surface area contributed by atoms with E-state index in [0.717, 1.165) is 88.7 Å². The van der Waals surface area contributed by atoms with Crippen LogP contribution in [0.15, 0.2) is 54.6 Å². The second-order valence-electron chi connectivity index (χ2n) is 14.3. The van der Waals surface area contributed by atoms with Gasteiger partial charge in [0.05, 0.1) is 53.0 Å². The number of imidazole rings is 2. The second kappa shape index (κ2) is 12.8. The van der Waals surface area contributed by atoms with Crippen molar-refractivity contribution in [2.24, 2.45) is 0 Å². The lowest BCUT2D eigenvalue weighted by molar-refractivity contribution is 0.00870. The van der Waals surface area contributed by atoms with Gasteiger partial charge in [0.25, 0.3) is 0 Å². The second-order valence-corrected chi connectivity index (χ2v) is 14.3. The van der Waals surface area contributed by atoms with Gasteiger partial charge in [-0.1, -0.05) is 0 Å². The van der Waals surface area contributed by atoms with Gasteiger partial charge in [0.2, 0.25) is 0 Å². The number of morpholine rings is 2. The van der Waals surface area contributed by atoms with Crippen molar-refractivity contribution < 1.29 is 9.47 Å². The largest absolute Gasteiger partial charge is 0.373 e. The van der Waals surface area contributed by atoms with Crippen molar-refractivity contribution in [3.05, 3.63) is 54.6 Å². The third-order valence-electron chi connectivity index (χ3n) is 9.80. The molecule has 4 atom stereocenters. The molecule has 12 nitrogen and oxygen atoms in total. The van der Waals surface area contributed by atoms with Gasteiger partial charge in [-0.15, -0.1) is 0 Å². The van der Waals surface area contributed by atoms with Crippen LogP contribution in [0.3, 0.4) is 0 Å². The molecule has 2 fully saturated rings. The van der Waals surface area contributed by atoms with E-state index in [1.54, 1.807) is 0 Å². The zero-order chi connectivity index (χ0) is 33.8. The van der Waals surface area contributed by atoms with Crippen molar-refractivity contribution in [3.8, 4) is 22.9 Å². The molecule has 3 aromatic carbocycles. The fourth-order valence-corrected chi connectivity index (χ4v) is 7.33. The van der Waals surface area contributed by atoms with Gasteiger partial charge in [0, 0.05) is 60.6 Å². The Bertz CT molecular complexity index is 2100. The molecule has 2 aliphatic rings. The van der Waals surface area contributed by atoms with Crippen molar-refractivity contribution >= 4 is 44.3 Å². The van der Waals surface area contributed by atoms with Crippen molar-refractivity contribution in [2.75, 3.05) is 77.4 Å². The van der Waals surface area contributed by atoms with Gasteiger partial charge in [-0.3, -0.25) is 5.10 Å². The maximum absolute atomic E-state index is 6.11. The molecule has 49 heavy (non-hydrogen) atoms. The number of rotatable bonds is 8. The average Bonchev–Trinajstić information content (AvgIpc) is 3.81. The molecule has 3 aromatic heterocycles. The maximum atomic E-state index is 6.11. The van der Waals surface area contributed by atoms with Crippen LogP contribution in [0.1, 0.15) is 13.8 Å². The molecule has 0 radical (unpaired) electrons. The van der Waals surface area contributed by atoms with E-state index in [1.807, 2.05) is 0 Å². The summed E-state index contributed by atoms with van der Waals surface area (Å²) in [6, 6.07) is 19.8. The summed E-state index contributed by atoms with van der Waals surface area (Å²) in [5, 5.41) is 8.88. The van der Waals surface area contributed by atoms with Crippen LogP contribution in [0.2, 0.25) is 0 Å². The lowest BCUT2D eigenvalue weighted by Gasteiger charge is -2.40. The molecule has 2 aliphatic heterocycles. The van der Waals surface area contributed by atoms with Crippen LogP contribution in [0.25, 0.3) is 55.9 Å². The average molecular weight is 663 g/mol. The van der Waals surface area contributed by atoms with Crippen molar-refractivity contribution in [1.82, 2.24) is 39.9 Å². The first kappa shape index (κ1) is 31.8. The molecule has 0 spiro atoms. The molecule has 0 aliphatic carbocycles. The minimum Gasteiger partial charge on any atom is -0.373 e. The SMILES string of the molecule is CC1COC(CN(C)C)CN1c1ccc2nc(-c3ccc4[nH]nc(-c5nc6ccc(N7CC(CN(C)C)OCC7C)cc6[nH]5)c4c3)[nH]c2c1. The summed E-state index contributed by atoms with van der Waals surface area (Å²) in [5.74, 6) is 1.56. The standard InChI is InChI=1S/C37H46N10O2/c1-22-20-48-27(16-44(3)4)18-46(22)25-8-11-31-33(14-25)40-36(38-31)24-7-10-30-29(13-24)35(43-42-30)37-39-32-12-9-26(15-34(32)41-37)47-19-28(17-45(5)6)49-21-23(47)2/h7-15,22-23,27-28H,16-21H2,1-6H3,(H,38,40)(H,39,41)(H,42,43). The maximum Gasteiger partial charge on any atom is 0.159 e. The summed E-state index contributed by atoms with van der Waals surface area (Å²) in [6.07, 6.45) is 0.352. The fourth-order valence-electron chi connectivity index (χ4n) is 7.33. The van der Waals surface area contributed by atoms with E-state index in [-0.39, 0.29) is 12.2 Å². The van der Waals surface area contributed by atoms with Crippen LogP contribution < -0.4 is 9.80 Å². The molecule has 0 saturated carbocycles. The normalized spacial score (nSPS) is 22.0. The Labute approximate surface area is 286 Å². The van der Waals surface area contributed by atoms with Crippen LogP contribution in [0.4, 0.5) is 11.4 Å². The Hall–Kier alpha value is -4.49. The van der Waals surface area contributed by atoms with Gasteiger partial charge in [-0.05, 0) is 96.6 Å². The van der Waals surface area contributed by atoms with Crippen LogP contribution >= 0.6 is 0 Å². The highest BCUT2D eigenvalue weighted by atomic mass is 16.5. The van der Waals surface area contributed by atoms with Gasteiger partial charge >= 0.3 is 0 Å². The molecule has 5 heterocycles. The first-order valence-electron chi connectivity index (χ1n) is 17.2. The van der Waals surface area contributed by atoms with Gasteiger partial charge in [0.1, 0.15) is 11.5 Å². The quantitative estimate of drug-likeness (QED) is 0.208. The molecule has 3 N–H and O–H groups in total. The third-order valence-corrected chi connectivity index (χ3v) is 9.80. The molecule has 2 saturated heterocycles. The minimum absolute atomic E-state index is 0.173. The lowest BCUT2D eigenvalue weighted by Crippen LogP contribution is -2.51. The Balaban J connectivity index is 1.07. The van der Waals surface area contributed by atoms with Gasteiger partial charge < -0.3 is 39.0 Å². The van der Waals surface area contributed by atoms with Crippen LogP contribution in [-0.2, 0) is 9.47 Å². The summed E-state index contributed by atoms with van der Waals surface area (Å²) in [5.41, 5.74) is 8.91. The molecular formula is C37H46N10O2. The van der Waals surface area contributed by atoms with E-state index < -0.39 is 0 Å². The number of ether oxygens (including phenoxy) is 2. The monoisotopic (exact) mass is 662 g/mol. The Morgan fingerprint density at radius 2 is 1.24 bits per heavy atom. The number of aromatic nitrogens is 6. The molecule has 256 valence electrons. The summed E-state index contributed by atoms with van der Waals surface area (Å²) >= 11 is 0. The van der Waals surface area contributed by atoms with Crippen LogP contribution in [-0.4, -0.2) is 132 Å². The highest BCUT2D eigenvalue weighted by Crippen LogP contribution is 2.33. The topological polar surface area (TPSA) is 117 Å². The molecule has 12 heteroatoms. The number of hydrogen-bond acceptors (Lipinski definition) is 9. The summed E-state index contributed by atoms with van der Waals surface area (Å²) < 4.78 is 12.2. The van der Waals surface area contributed by atoms with E-state index >= 15 is 0 Å². The first-order valence-corrected chi connectivity index (χ1v) is 17.2. The highest BCUT2D eigenvalue weighted by molar-refractivity contribution is 5.96. The number of hydrogen-bond donors (Lipinski definition) is 3. The number of nitrogens with one attached hydrogen (secondary N) is 3. The van der Waals surface area contributed by atoms with Gasteiger partial charge in [-0.2, -0.15) is 5.10 Å². The van der Waals surface area contributed by atoms with E-state index in [4.69, 9.17) is 24.5 Å². The Morgan fingerprint density at radius 3 is 1.82 bits per heavy atom. The van der Waals surface area contributed by atoms with Crippen molar-refractivity contribution in [2.45, 2.75) is 38.1 Å². The predicted octanol–water partition coefficient (Wildman–Crippen LogP) is 4.96. The summed E-state index contributed by atoms with van der Waals surface area (Å²) in [6.45, 7) is 9.38. The zero-order valence-electron chi connectivity index (χ0n) is 29.2. The number of aromatic amines is 3. The number of likely N-dealkylation sites (N-methyl/N-ethyl adjacent to an activating group) is 2. The number of nitrogens with zero attached hydrogens (tertiary/aromatic N) is 7. The minimum atomic E-state index is 0.173. The summed E-state index contributed by atoms with van der Waals surface area (Å²) in [7, 11) is 8.36. The van der Waals surface area contributed by atoms with Crippen LogP contribution in [0.5, 0.6) is 0 Å². The number of benzene rings is 3. The molecule has 6 aromatic rings. The summed E-state index contributed by atoms with van der Waals surface area (Å²) in [4.78, 5) is 26.3.